The molecule has 11 heavy (non-hydrogen) atoms. The minimum Gasteiger partial charge on any atom is -0.273 e. The van der Waals surface area contributed by atoms with Gasteiger partial charge in [0.25, 0.3) is 0 Å². The Bertz CT molecular complexity index is 85.1. The summed E-state index contributed by atoms with van der Waals surface area (Å²) in [6.07, 6.45) is 0.865. The lowest BCUT2D eigenvalue weighted by molar-refractivity contribution is 0.384. The summed E-state index contributed by atoms with van der Waals surface area (Å²) in [6, 6.07) is 0. The van der Waals surface area contributed by atoms with E-state index in [4.69, 9.17) is 14.2 Å². The first-order valence-electron chi connectivity index (χ1n) is 3.75. The molecule has 0 fully saturated rings. The molecule has 0 radical (unpaired) electrons. The van der Waals surface area contributed by atoms with Gasteiger partial charge in [-0.1, -0.05) is 31.7 Å². The second-order valence-corrected chi connectivity index (χ2v) is 3.66. The third-order valence-corrected chi connectivity index (χ3v) is 2.10. The fourth-order valence-corrected chi connectivity index (χ4v) is 0.901. The van der Waals surface area contributed by atoms with Crippen molar-refractivity contribution < 1.29 is 9.11 Å². The fourth-order valence-electron chi connectivity index (χ4n) is 0.449. The van der Waals surface area contributed by atoms with Gasteiger partial charge in [0.05, 0.1) is 0 Å². The van der Waals surface area contributed by atoms with E-state index in [-0.39, 0.29) is 0 Å². The van der Waals surface area contributed by atoms with Crippen LogP contribution in [0.4, 0.5) is 0 Å². The van der Waals surface area contributed by atoms with Gasteiger partial charge in [-0.3, -0.25) is 9.11 Å². The lowest BCUT2D eigenvalue weighted by Crippen LogP contribution is -2.29. The molecular formula is C6H20N2O2S. The first kappa shape index (κ1) is 13.8. The summed E-state index contributed by atoms with van der Waals surface area (Å²) in [5.41, 5.74) is 0. The van der Waals surface area contributed by atoms with E-state index in [0.29, 0.717) is 6.54 Å². The van der Waals surface area contributed by atoms with Gasteiger partial charge in [-0.25, -0.2) is 5.14 Å². The Balaban J connectivity index is 0. The van der Waals surface area contributed by atoms with Crippen molar-refractivity contribution in [1.82, 2.24) is 4.31 Å². The average Bonchev–Trinajstić information content (AvgIpc) is 1.91. The van der Waals surface area contributed by atoms with Crippen LogP contribution in [-0.4, -0.2) is 27.0 Å². The maximum atomic E-state index is 8.76. The van der Waals surface area contributed by atoms with Crippen LogP contribution in [0.15, 0.2) is 0 Å². The summed E-state index contributed by atoms with van der Waals surface area (Å²) in [5, 5.41) is 4.99. The molecule has 0 rings (SSSR count). The van der Waals surface area contributed by atoms with Crippen molar-refractivity contribution in [3.63, 3.8) is 0 Å². The molecule has 0 aliphatic heterocycles. The van der Waals surface area contributed by atoms with Gasteiger partial charge in [0.2, 0.25) is 0 Å². The molecule has 0 saturated heterocycles. The molecule has 0 unspecified atom stereocenters. The quantitative estimate of drug-likeness (QED) is 0.626. The number of nitrogens with two attached hydrogens (primary N) is 1. The molecule has 5 heteroatoms. The van der Waals surface area contributed by atoms with Crippen molar-refractivity contribution in [1.29, 1.82) is 0 Å². The molecule has 0 heterocycles. The second-order valence-electron chi connectivity index (χ2n) is 1.91. The average molecular weight is 184 g/mol. The van der Waals surface area contributed by atoms with Crippen LogP contribution in [0.3, 0.4) is 0 Å². The third kappa shape index (κ3) is 8.09. The van der Waals surface area contributed by atoms with Crippen molar-refractivity contribution in [2.75, 3.05) is 13.6 Å². The van der Waals surface area contributed by atoms with Crippen molar-refractivity contribution >= 4 is 11.0 Å². The second kappa shape index (κ2) is 6.87. The topological polar surface area (TPSA) is 69.7 Å². The number of rotatable bonds is 3. The molecule has 72 valence electrons. The van der Waals surface area contributed by atoms with E-state index in [1.54, 1.807) is 7.05 Å². The monoisotopic (exact) mass is 184 g/mol. The highest BCUT2D eigenvalue weighted by Crippen LogP contribution is 2.31. The first-order valence-corrected chi connectivity index (χ1v) is 5.32. The highest BCUT2D eigenvalue weighted by molar-refractivity contribution is 8.20. The van der Waals surface area contributed by atoms with Crippen LogP contribution in [0.2, 0.25) is 0 Å². The largest absolute Gasteiger partial charge is 0.273 e. The van der Waals surface area contributed by atoms with Crippen LogP contribution in [0.5, 0.6) is 0 Å². The number of nitrogens with zero attached hydrogens (tertiary/aromatic N) is 1. The molecule has 0 aromatic carbocycles. The molecule has 0 aliphatic rings. The van der Waals surface area contributed by atoms with Crippen LogP contribution in [-0.2, 0) is 0 Å². The minimum atomic E-state index is -2.93. The molecule has 0 aromatic heterocycles. The van der Waals surface area contributed by atoms with Crippen LogP contribution < -0.4 is 5.14 Å². The summed E-state index contributed by atoms with van der Waals surface area (Å²) >= 11 is 0. The van der Waals surface area contributed by atoms with E-state index in [1.807, 2.05) is 20.8 Å². The van der Waals surface area contributed by atoms with E-state index in [2.05, 4.69) is 0 Å². The molecule has 0 saturated carbocycles. The van der Waals surface area contributed by atoms with Crippen LogP contribution in [0.1, 0.15) is 27.2 Å². The van der Waals surface area contributed by atoms with Gasteiger partial charge in [-0.2, -0.15) is 4.31 Å². The summed E-state index contributed by atoms with van der Waals surface area (Å²) in [6.45, 7) is 6.56. The highest BCUT2D eigenvalue weighted by atomic mass is 32.3. The van der Waals surface area contributed by atoms with Crippen molar-refractivity contribution in [3.05, 3.63) is 0 Å². The molecule has 0 atom stereocenters. The van der Waals surface area contributed by atoms with Gasteiger partial charge in [0.15, 0.2) is 0 Å². The molecule has 0 aliphatic carbocycles. The van der Waals surface area contributed by atoms with E-state index < -0.39 is 11.0 Å². The smallest absolute Gasteiger partial charge is 0.0185 e. The zero-order valence-electron chi connectivity index (χ0n) is 7.74. The van der Waals surface area contributed by atoms with Crippen molar-refractivity contribution in [3.8, 4) is 0 Å². The SMILES string of the molecule is CC.CCCN(C)S(N)(O)O. The van der Waals surface area contributed by atoms with Gasteiger partial charge < -0.3 is 0 Å². The summed E-state index contributed by atoms with van der Waals surface area (Å²) in [5.74, 6) is 0. The van der Waals surface area contributed by atoms with Gasteiger partial charge in [0, 0.05) is 13.6 Å². The predicted molar refractivity (Wildman–Crippen MR) is 51.3 cm³/mol. The summed E-state index contributed by atoms with van der Waals surface area (Å²) in [4.78, 5) is 0. The Morgan fingerprint density at radius 1 is 1.36 bits per heavy atom. The molecule has 0 bridgehead atoms. The fraction of sp³-hybridized carbons (Fsp3) is 1.00. The van der Waals surface area contributed by atoms with E-state index in [9.17, 15) is 0 Å². The molecule has 0 aromatic rings. The molecular weight excluding hydrogens is 164 g/mol. The molecule has 0 spiro atoms. The first-order chi connectivity index (χ1) is 4.98. The Hall–Kier alpha value is 0.190. The maximum absolute atomic E-state index is 8.76. The third-order valence-electron chi connectivity index (χ3n) is 0.997. The molecule has 4 nitrogen and oxygen atoms in total. The summed E-state index contributed by atoms with van der Waals surface area (Å²) < 4.78 is 18.9. The minimum absolute atomic E-state index is 0.610. The standard InChI is InChI=1S/C4H14N2O2S.C2H6/c1-3-4-6(2)9(5,7)8;1-2/h7-8H,3-5H2,1-2H3;1-2H3. The van der Waals surface area contributed by atoms with E-state index in [0.717, 1.165) is 6.42 Å². The summed E-state index contributed by atoms with van der Waals surface area (Å²) in [7, 11) is -1.35. The van der Waals surface area contributed by atoms with Crippen LogP contribution >= 0.6 is 11.0 Å². The highest BCUT2D eigenvalue weighted by Gasteiger charge is 2.09. The number of hydrogen-bond acceptors (Lipinski definition) is 4. The zero-order valence-corrected chi connectivity index (χ0v) is 8.56. The lowest BCUT2D eigenvalue weighted by Gasteiger charge is -2.35. The van der Waals surface area contributed by atoms with Gasteiger partial charge in [-0.15, -0.1) is 0 Å². The zero-order chi connectivity index (χ0) is 9.49. The Kier molecular flexibility index (Phi) is 8.60. The molecule has 0 amide bonds. The Morgan fingerprint density at radius 2 is 1.73 bits per heavy atom. The normalized spacial score (nSPS) is 12.4. The maximum Gasteiger partial charge on any atom is 0.0185 e. The van der Waals surface area contributed by atoms with Crippen molar-refractivity contribution in [2.45, 2.75) is 27.2 Å². The van der Waals surface area contributed by atoms with Gasteiger partial charge in [0.1, 0.15) is 0 Å². The number of hydrogen-bond donors (Lipinski definition) is 3. The molecule has 4 N–H and O–H groups in total. The van der Waals surface area contributed by atoms with E-state index in [1.165, 1.54) is 4.31 Å². The predicted octanol–water partition coefficient (Wildman–Crippen LogP) is 1.89. The lowest BCUT2D eigenvalue weighted by atomic mass is 10.5. The Morgan fingerprint density at radius 3 is 1.82 bits per heavy atom. The van der Waals surface area contributed by atoms with Crippen molar-refractivity contribution in [2.24, 2.45) is 5.14 Å². The van der Waals surface area contributed by atoms with Crippen LogP contribution in [0, 0.1) is 0 Å². The Labute approximate surface area is 71.0 Å². The van der Waals surface area contributed by atoms with Gasteiger partial charge in [-0.05, 0) is 6.42 Å². The van der Waals surface area contributed by atoms with E-state index >= 15 is 0 Å². The van der Waals surface area contributed by atoms with Crippen LogP contribution in [0.25, 0.3) is 0 Å². The van der Waals surface area contributed by atoms with Gasteiger partial charge >= 0.3 is 0 Å².